The molecule has 0 unspecified atom stereocenters. The summed E-state index contributed by atoms with van der Waals surface area (Å²) in [5, 5.41) is 19.0. The highest BCUT2D eigenvalue weighted by Gasteiger charge is 2.14. The summed E-state index contributed by atoms with van der Waals surface area (Å²) < 4.78 is 25.4. The van der Waals surface area contributed by atoms with Gasteiger partial charge in [0.05, 0.1) is 0 Å². The maximum atomic E-state index is 13.0. The molecule has 0 spiro atoms. The zero-order valence-corrected chi connectivity index (χ0v) is 17.6. The zero-order chi connectivity index (χ0) is 22.6. The van der Waals surface area contributed by atoms with Gasteiger partial charge in [0.25, 0.3) is 0 Å². The lowest BCUT2D eigenvalue weighted by Crippen LogP contribution is -2.23. The molecule has 0 bridgehead atoms. The van der Waals surface area contributed by atoms with Crippen LogP contribution in [0.5, 0.6) is 11.5 Å². The molecule has 4 aromatic rings. The molecule has 0 saturated carbocycles. The molecule has 33 heavy (non-hydrogen) atoms. The van der Waals surface area contributed by atoms with Crippen molar-refractivity contribution in [3.05, 3.63) is 77.4 Å². The van der Waals surface area contributed by atoms with Gasteiger partial charge in [-0.1, -0.05) is 18.2 Å². The third-order valence-corrected chi connectivity index (χ3v) is 5.22. The first-order chi connectivity index (χ1) is 16.1. The van der Waals surface area contributed by atoms with Crippen molar-refractivity contribution in [3.63, 3.8) is 0 Å². The second kappa shape index (κ2) is 9.11. The Morgan fingerprint density at radius 3 is 2.67 bits per heavy atom. The van der Waals surface area contributed by atoms with Crippen molar-refractivity contribution in [1.29, 1.82) is 0 Å². The van der Waals surface area contributed by atoms with Crippen LogP contribution in [0.2, 0.25) is 0 Å². The van der Waals surface area contributed by atoms with Gasteiger partial charge in [-0.15, -0.1) is 15.3 Å². The Bertz CT molecular complexity index is 1290. The number of ether oxygens (including phenoxy) is 2. The minimum absolute atomic E-state index is 0.131. The van der Waals surface area contributed by atoms with E-state index in [0.29, 0.717) is 36.8 Å². The molecule has 0 aliphatic carbocycles. The summed E-state index contributed by atoms with van der Waals surface area (Å²) in [7, 11) is 0. The summed E-state index contributed by atoms with van der Waals surface area (Å²) in [6.07, 6.45) is 0.619. The minimum atomic E-state index is -0.305. The molecule has 2 N–H and O–H groups in total. The first-order valence-electron chi connectivity index (χ1n) is 10.5. The zero-order valence-electron chi connectivity index (χ0n) is 17.6. The van der Waals surface area contributed by atoms with Crippen LogP contribution in [0.25, 0.3) is 5.65 Å². The van der Waals surface area contributed by atoms with E-state index in [1.54, 1.807) is 16.6 Å². The number of carbonyl (C=O) groups excluding carboxylic acids is 1. The van der Waals surface area contributed by atoms with Crippen LogP contribution in [-0.2, 0) is 24.3 Å². The van der Waals surface area contributed by atoms with E-state index >= 15 is 0 Å². The summed E-state index contributed by atoms with van der Waals surface area (Å²) in [5.74, 6) is 2.29. The van der Waals surface area contributed by atoms with Crippen molar-refractivity contribution < 1.29 is 18.7 Å². The van der Waals surface area contributed by atoms with E-state index in [2.05, 4.69) is 25.9 Å². The maximum absolute atomic E-state index is 13.0. The number of anilines is 1. The van der Waals surface area contributed by atoms with Crippen LogP contribution in [-0.4, -0.2) is 32.5 Å². The smallest absolute Gasteiger partial charge is 0.231 e. The Kier molecular flexibility index (Phi) is 5.71. The van der Waals surface area contributed by atoms with E-state index in [1.165, 1.54) is 12.1 Å². The monoisotopic (exact) mass is 448 g/mol. The van der Waals surface area contributed by atoms with Crippen molar-refractivity contribution in [2.45, 2.75) is 25.9 Å². The number of benzene rings is 2. The number of halogens is 1. The highest BCUT2D eigenvalue weighted by atomic mass is 19.1. The molecule has 1 aliphatic rings. The molecule has 168 valence electrons. The molecule has 1 aliphatic heterocycles. The molecule has 0 fully saturated rings. The summed E-state index contributed by atoms with van der Waals surface area (Å²) in [6, 6.07) is 15.5. The van der Waals surface area contributed by atoms with E-state index in [-0.39, 0.29) is 24.9 Å². The standard InChI is InChI=1S/C23H21FN6O3/c24-17-4-1-15(2-5-17)12-26-23(31)10-9-22-28-27-21-8-7-20(29-30(21)22)25-13-16-3-6-18-19(11-16)33-14-32-18/h1-8,11H,9-10,12-14H2,(H,25,29)(H,26,31). The molecule has 0 atom stereocenters. The first-order valence-corrected chi connectivity index (χ1v) is 10.5. The topological polar surface area (TPSA) is 103 Å². The molecule has 2 aromatic heterocycles. The Labute approximate surface area is 188 Å². The van der Waals surface area contributed by atoms with Crippen molar-refractivity contribution >= 4 is 17.4 Å². The van der Waals surface area contributed by atoms with Crippen molar-refractivity contribution in [2.24, 2.45) is 0 Å². The van der Waals surface area contributed by atoms with Gasteiger partial charge in [-0.2, -0.15) is 4.52 Å². The number of fused-ring (bicyclic) bond motifs is 2. The fraction of sp³-hybridized carbons (Fsp3) is 0.217. The highest BCUT2D eigenvalue weighted by molar-refractivity contribution is 5.76. The number of aryl methyl sites for hydroxylation is 1. The van der Waals surface area contributed by atoms with Crippen LogP contribution in [0, 0.1) is 5.82 Å². The molecule has 9 nitrogen and oxygen atoms in total. The van der Waals surface area contributed by atoms with Crippen LogP contribution < -0.4 is 20.1 Å². The molecule has 2 aromatic carbocycles. The predicted molar refractivity (Wildman–Crippen MR) is 117 cm³/mol. The quantitative estimate of drug-likeness (QED) is 0.427. The lowest BCUT2D eigenvalue weighted by Gasteiger charge is -2.08. The van der Waals surface area contributed by atoms with Crippen LogP contribution in [0.1, 0.15) is 23.4 Å². The second-order valence-electron chi connectivity index (χ2n) is 7.55. The summed E-state index contributed by atoms with van der Waals surface area (Å²) in [5.41, 5.74) is 2.46. The van der Waals surface area contributed by atoms with Crippen molar-refractivity contribution in [2.75, 3.05) is 12.1 Å². The van der Waals surface area contributed by atoms with Crippen LogP contribution in [0.15, 0.2) is 54.6 Å². The Morgan fingerprint density at radius 1 is 0.970 bits per heavy atom. The van der Waals surface area contributed by atoms with Gasteiger partial charge in [0, 0.05) is 25.9 Å². The van der Waals surface area contributed by atoms with E-state index in [4.69, 9.17) is 9.47 Å². The minimum Gasteiger partial charge on any atom is -0.454 e. The number of amides is 1. The molecule has 1 amide bonds. The van der Waals surface area contributed by atoms with Crippen molar-refractivity contribution in [3.8, 4) is 11.5 Å². The van der Waals surface area contributed by atoms with Gasteiger partial charge in [0.15, 0.2) is 23.0 Å². The highest BCUT2D eigenvalue weighted by Crippen LogP contribution is 2.32. The number of aromatic nitrogens is 4. The molecule has 3 heterocycles. The summed E-state index contributed by atoms with van der Waals surface area (Å²) in [6.45, 7) is 1.13. The maximum Gasteiger partial charge on any atom is 0.231 e. The van der Waals surface area contributed by atoms with Gasteiger partial charge < -0.3 is 20.1 Å². The lowest BCUT2D eigenvalue weighted by atomic mass is 10.2. The molecule has 10 heteroatoms. The average Bonchev–Trinajstić information content (AvgIpc) is 3.47. The van der Waals surface area contributed by atoms with Gasteiger partial charge in [0.1, 0.15) is 11.6 Å². The van der Waals surface area contributed by atoms with E-state index in [0.717, 1.165) is 22.6 Å². The molecular formula is C23H21FN6O3. The third kappa shape index (κ3) is 4.84. The van der Waals surface area contributed by atoms with Gasteiger partial charge in [-0.05, 0) is 47.5 Å². The van der Waals surface area contributed by atoms with E-state index < -0.39 is 0 Å². The predicted octanol–water partition coefficient (Wildman–Crippen LogP) is 2.85. The number of carbonyl (C=O) groups is 1. The molecule has 5 rings (SSSR count). The SMILES string of the molecule is O=C(CCc1nnc2ccc(NCc3ccc4c(c3)OCO4)nn12)NCc1ccc(F)cc1. The van der Waals surface area contributed by atoms with Gasteiger partial charge in [-0.25, -0.2) is 4.39 Å². The summed E-state index contributed by atoms with van der Waals surface area (Å²) in [4.78, 5) is 12.2. The molecule has 0 radical (unpaired) electrons. The van der Waals surface area contributed by atoms with Gasteiger partial charge in [0.2, 0.25) is 12.7 Å². The van der Waals surface area contributed by atoms with Crippen molar-refractivity contribution in [1.82, 2.24) is 25.1 Å². The first kappa shape index (κ1) is 20.7. The normalized spacial score (nSPS) is 12.2. The van der Waals surface area contributed by atoms with E-state index in [1.807, 2.05) is 30.3 Å². The Balaban J connectivity index is 1.18. The van der Waals surface area contributed by atoms with E-state index in [9.17, 15) is 9.18 Å². The van der Waals surface area contributed by atoms with Crippen LogP contribution in [0.4, 0.5) is 10.2 Å². The number of nitrogens with one attached hydrogen (secondary N) is 2. The van der Waals surface area contributed by atoms with Crippen LogP contribution >= 0.6 is 0 Å². The number of hydrogen-bond acceptors (Lipinski definition) is 7. The van der Waals surface area contributed by atoms with Crippen LogP contribution in [0.3, 0.4) is 0 Å². The molecule has 0 saturated heterocycles. The number of nitrogens with zero attached hydrogens (tertiary/aromatic N) is 4. The van der Waals surface area contributed by atoms with Gasteiger partial charge in [-0.3, -0.25) is 4.79 Å². The Hall–Kier alpha value is -4.21. The molecular weight excluding hydrogens is 427 g/mol. The fourth-order valence-electron chi connectivity index (χ4n) is 3.44. The average molecular weight is 448 g/mol. The third-order valence-electron chi connectivity index (χ3n) is 5.22. The number of hydrogen-bond donors (Lipinski definition) is 2. The summed E-state index contributed by atoms with van der Waals surface area (Å²) >= 11 is 0. The number of rotatable bonds is 8. The second-order valence-corrected chi connectivity index (χ2v) is 7.55. The largest absolute Gasteiger partial charge is 0.454 e. The fourth-order valence-corrected chi connectivity index (χ4v) is 3.44. The lowest BCUT2D eigenvalue weighted by molar-refractivity contribution is -0.121. The van der Waals surface area contributed by atoms with Gasteiger partial charge >= 0.3 is 0 Å². The Morgan fingerprint density at radius 2 is 1.79 bits per heavy atom.